The van der Waals surface area contributed by atoms with Crippen LogP contribution in [0.4, 0.5) is 5.69 Å². The van der Waals surface area contributed by atoms with Gasteiger partial charge < -0.3 is 14.9 Å². The third-order valence-corrected chi connectivity index (χ3v) is 4.06. The van der Waals surface area contributed by atoms with Crippen LogP contribution in [0.3, 0.4) is 0 Å². The van der Waals surface area contributed by atoms with Crippen LogP contribution in [0.2, 0.25) is 0 Å². The van der Waals surface area contributed by atoms with E-state index in [0.29, 0.717) is 19.0 Å². The zero-order chi connectivity index (χ0) is 16.4. The van der Waals surface area contributed by atoms with E-state index in [-0.39, 0.29) is 0 Å². The number of hydrogen-bond donors (Lipinski definition) is 1. The molecule has 4 heteroatoms. The number of hydrogen-bond acceptors (Lipinski definition) is 3. The molecule has 0 aliphatic carbocycles. The molecule has 1 aliphatic rings. The van der Waals surface area contributed by atoms with Crippen molar-refractivity contribution in [3.8, 4) is 0 Å². The van der Waals surface area contributed by atoms with Crippen molar-refractivity contribution in [1.29, 1.82) is 0 Å². The number of anilines is 1. The van der Waals surface area contributed by atoms with Crippen molar-refractivity contribution >= 4 is 11.7 Å². The number of benzene rings is 1. The summed E-state index contributed by atoms with van der Waals surface area (Å²) >= 11 is 0. The molecule has 1 aliphatic heterocycles. The summed E-state index contributed by atoms with van der Waals surface area (Å²) in [5.74, 6) is -0.399. The number of nitrogens with zero attached hydrogens (tertiary/aromatic N) is 2. The van der Waals surface area contributed by atoms with E-state index < -0.39 is 12.0 Å². The molecule has 1 aromatic rings. The molecule has 120 valence electrons. The topological polar surface area (TPSA) is 43.8 Å². The van der Waals surface area contributed by atoms with Gasteiger partial charge in [0.1, 0.15) is 6.04 Å². The first kappa shape index (κ1) is 16.4. The van der Waals surface area contributed by atoms with Crippen LogP contribution in [0.15, 0.2) is 24.5 Å². The third-order valence-electron chi connectivity index (χ3n) is 4.06. The zero-order valence-electron chi connectivity index (χ0n) is 14.1. The molecule has 0 fully saturated rings. The lowest BCUT2D eigenvalue weighted by Crippen LogP contribution is -2.40. The van der Waals surface area contributed by atoms with Gasteiger partial charge in [-0.15, -0.1) is 0 Å². The standard InChI is InChI=1S/C18H26N2O2/c1-12(2)8-16(18(21)22)19-6-7-20(11-19)17-14(4)9-13(3)10-15(17)5/h6-7,9-10,12,16H,8,11H2,1-5H3,(H,21,22)/t16-/m0/s1. The summed E-state index contributed by atoms with van der Waals surface area (Å²) in [6, 6.07) is 3.87. The number of aryl methyl sites for hydroxylation is 3. The molecule has 0 unspecified atom stereocenters. The second-order valence-corrected chi connectivity index (χ2v) is 6.65. The molecule has 1 N–H and O–H groups in total. The van der Waals surface area contributed by atoms with E-state index in [1.807, 2.05) is 17.3 Å². The molecule has 0 saturated heterocycles. The summed E-state index contributed by atoms with van der Waals surface area (Å²) in [4.78, 5) is 15.6. The molecule has 0 bridgehead atoms. The Morgan fingerprint density at radius 1 is 1.18 bits per heavy atom. The number of aliphatic carboxylic acids is 1. The van der Waals surface area contributed by atoms with E-state index >= 15 is 0 Å². The van der Waals surface area contributed by atoms with Crippen LogP contribution in [0.1, 0.15) is 37.0 Å². The zero-order valence-corrected chi connectivity index (χ0v) is 14.1. The predicted molar refractivity (Wildman–Crippen MR) is 89.9 cm³/mol. The van der Waals surface area contributed by atoms with Crippen molar-refractivity contribution in [3.05, 3.63) is 41.2 Å². The second kappa shape index (κ2) is 6.42. The first-order valence-electron chi connectivity index (χ1n) is 7.81. The smallest absolute Gasteiger partial charge is 0.326 e. The molecule has 1 atom stereocenters. The van der Waals surface area contributed by atoms with Crippen molar-refractivity contribution in [2.45, 2.75) is 47.1 Å². The Balaban J connectivity index is 2.20. The Morgan fingerprint density at radius 3 is 2.27 bits per heavy atom. The van der Waals surface area contributed by atoms with Gasteiger partial charge in [0, 0.05) is 18.1 Å². The Labute approximate surface area is 133 Å². The fourth-order valence-corrected chi connectivity index (χ4v) is 3.23. The molecule has 0 spiro atoms. The Kier molecular flexibility index (Phi) is 4.79. The van der Waals surface area contributed by atoms with Gasteiger partial charge in [0.25, 0.3) is 0 Å². The van der Waals surface area contributed by atoms with Gasteiger partial charge in [0.2, 0.25) is 0 Å². The van der Waals surface area contributed by atoms with E-state index in [4.69, 9.17) is 0 Å². The average Bonchev–Trinajstić information content (AvgIpc) is 2.83. The lowest BCUT2D eigenvalue weighted by molar-refractivity contribution is -0.142. The lowest BCUT2D eigenvalue weighted by Gasteiger charge is -2.29. The minimum atomic E-state index is -0.752. The quantitative estimate of drug-likeness (QED) is 0.901. The SMILES string of the molecule is Cc1cc(C)c(N2C=CN([C@@H](CC(C)C)C(=O)O)C2)c(C)c1. The molecule has 22 heavy (non-hydrogen) atoms. The molecule has 0 radical (unpaired) electrons. The van der Waals surface area contributed by atoms with Crippen LogP contribution in [0.5, 0.6) is 0 Å². The number of rotatable bonds is 5. The van der Waals surface area contributed by atoms with Gasteiger partial charge in [-0.25, -0.2) is 4.79 Å². The molecule has 2 rings (SSSR count). The molecular formula is C18H26N2O2. The van der Waals surface area contributed by atoms with Crippen molar-refractivity contribution in [2.24, 2.45) is 5.92 Å². The number of carbonyl (C=O) groups is 1. The fraction of sp³-hybridized carbons (Fsp3) is 0.500. The van der Waals surface area contributed by atoms with Gasteiger partial charge in [0.05, 0.1) is 6.67 Å². The van der Waals surface area contributed by atoms with Crippen molar-refractivity contribution < 1.29 is 9.90 Å². The van der Waals surface area contributed by atoms with Gasteiger partial charge >= 0.3 is 5.97 Å². The highest BCUT2D eigenvalue weighted by molar-refractivity contribution is 5.74. The van der Waals surface area contributed by atoms with Gasteiger partial charge in [-0.3, -0.25) is 0 Å². The molecule has 0 saturated carbocycles. The maximum atomic E-state index is 11.5. The van der Waals surface area contributed by atoms with Crippen LogP contribution < -0.4 is 4.90 Å². The Hall–Kier alpha value is -1.97. The van der Waals surface area contributed by atoms with Crippen LogP contribution in [0.25, 0.3) is 0 Å². The summed E-state index contributed by atoms with van der Waals surface area (Å²) in [7, 11) is 0. The Morgan fingerprint density at radius 2 is 1.77 bits per heavy atom. The lowest BCUT2D eigenvalue weighted by atomic mass is 10.0. The van der Waals surface area contributed by atoms with E-state index in [0.717, 1.165) is 0 Å². The van der Waals surface area contributed by atoms with Crippen LogP contribution in [0, 0.1) is 26.7 Å². The molecule has 1 heterocycles. The average molecular weight is 302 g/mol. The molecule has 1 aromatic carbocycles. The van der Waals surface area contributed by atoms with Crippen molar-refractivity contribution in [3.63, 3.8) is 0 Å². The largest absolute Gasteiger partial charge is 0.480 e. The highest BCUT2D eigenvalue weighted by atomic mass is 16.4. The fourth-order valence-electron chi connectivity index (χ4n) is 3.23. The summed E-state index contributed by atoms with van der Waals surface area (Å²) in [6.07, 6.45) is 4.54. The number of carboxylic acid groups (broad SMARTS) is 1. The summed E-state index contributed by atoms with van der Waals surface area (Å²) in [5, 5.41) is 9.49. The minimum absolute atomic E-state index is 0.353. The summed E-state index contributed by atoms with van der Waals surface area (Å²) in [5.41, 5.74) is 4.87. The van der Waals surface area contributed by atoms with Gasteiger partial charge in [-0.05, 0) is 44.2 Å². The Bertz CT molecular complexity index is 570. The molecule has 4 nitrogen and oxygen atoms in total. The monoisotopic (exact) mass is 302 g/mol. The van der Waals surface area contributed by atoms with Crippen LogP contribution in [-0.4, -0.2) is 28.7 Å². The van der Waals surface area contributed by atoms with Crippen LogP contribution >= 0.6 is 0 Å². The first-order valence-corrected chi connectivity index (χ1v) is 7.81. The number of carboxylic acids is 1. The maximum absolute atomic E-state index is 11.5. The molecule has 0 aromatic heterocycles. The first-order chi connectivity index (χ1) is 10.3. The van der Waals surface area contributed by atoms with Gasteiger partial charge in [0.15, 0.2) is 0 Å². The van der Waals surface area contributed by atoms with Gasteiger partial charge in [-0.2, -0.15) is 0 Å². The van der Waals surface area contributed by atoms with Crippen molar-refractivity contribution in [1.82, 2.24) is 4.90 Å². The van der Waals surface area contributed by atoms with E-state index in [2.05, 4.69) is 51.7 Å². The highest BCUT2D eigenvalue weighted by Gasteiger charge is 2.29. The van der Waals surface area contributed by atoms with E-state index in [1.54, 1.807) is 0 Å². The molecule has 0 amide bonds. The summed E-state index contributed by atoms with van der Waals surface area (Å²) in [6.45, 7) is 11.0. The van der Waals surface area contributed by atoms with Crippen molar-refractivity contribution in [2.75, 3.05) is 11.6 Å². The summed E-state index contributed by atoms with van der Waals surface area (Å²) < 4.78 is 0. The van der Waals surface area contributed by atoms with E-state index in [9.17, 15) is 9.90 Å². The third kappa shape index (κ3) is 3.43. The second-order valence-electron chi connectivity index (χ2n) is 6.65. The molecular weight excluding hydrogens is 276 g/mol. The normalized spacial score (nSPS) is 15.7. The highest BCUT2D eigenvalue weighted by Crippen LogP contribution is 2.30. The van der Waals surface area contributed by atoms with E-state index in [1.165, 1.54) is 22.4 Å². The maximum Gasteiger partial charge on any atom is 0.326 e. The minimum Gasteiger partial charge on any atom is -0.480 e. The van der Waals surface area contributed by atoms with Gasteiger partial charge in [-0.1, -0.05) is 31.5 Å². The van der Waals surface area contributed by atoms with Crippen LogP contribution in [-0.2, 0) is 4.79 Å². The predicted octanol–water partition coefficient (Wildman–Crippen LogP) is 3.66.